The van der Waals surface area contributed by atoms with Crippen molar-refractivity contribution in [3.63, 3.8) is 0 Å². The van der Waals surface area contributed by atoms with E-state index in [1.807, 2.05) is 6.92 Å². The molecule has 3 fully saturated rings. The Kier molecular flexibility index (Phi) is 4.11. The number of Topliss-reactive ketones (excluding diaryl/α,β-unsaturated/α-hetero) is 1. The van der Waals surface area contributed by atoms with Crippen LogP contribution in [-0.2, 0) is 9.59 Å². The van der Waals surface area contributed by atoms with Crippen molar-refractivity contribution in [1.82, 2.24) is 10.2 Å². The Morgan fingerprint density at radius 1 is 1.20 bits per heavy atom. The molecule has 0 aromatic heterocycles. The summed E-state index contributed by atoms with van der Waals surface area (Å²) >= 11 is 0. The monoisotopic (exact) mass is 278 g/mol. The maximum Gasteiger partial charge on any atom is 0.237 e. The smallest absolute Gasteiger partial charge is 0.237 e. The number of likely N-dealkylation sites (tertiary alicyclic amines) is 1. The van der Waals surface area contributed by atoms with Crippen molar-refractivity contribution < 1.29 is 9.59 Å². The van der Waals surface area contributed by atoms with Crippen LogP contribution in [0.2, 0.25) is 0 Å². The van der Waals surface area contributed by atoms with Crippen molar-refractivity contribution in [2.24, 2.45) is 5.92 Å². The summed E-state index contributed by atoms with van der Waals surface area (Å²) in [6.45, 7) is 2.98. The zero-order chi connectivity index (χ0) is 14.1. The van der Waals surface area contributed by atoms with E-state index in [1.165, 1.54) is 6.42 Å². The summed E-state index contributed by atoms with van der Waals surface area (Å²) in [6, 6.07) is 0.634. The van der Waals surface area contributed by atoms with Crippen LogP contribution >= 0.6 is 0 Å². The lowest BCUT2D eigenvalue weighted by molar-refractivity contribution is -0.131. The number of amides is 1. The van der Waals surface area contributed by atoms with Gasteiger partial charge in [0.15, 0.2) is 0 Å². The number of rotatable bonds is 4. The molecule has 112 valence electrons. The number of ketones is 1. The van der Waals surface area contributed by atoms with Crippen molar-refractivity contribution in [1.29, 1.82) is 0 Å². The van der Waals surface area contributed by atoms with Gasteiger partial charge in [-0.25, -0.2) is 0 Å². The third kappa shape index (κ3) is 2.90. The van der Waals surface area contributed by atoms with Gasteiger partial charge in [-0.1, -0.05) is 6.42 Å². The molecule has 3 unspecified atom stereocenters. The molecule has 3 rings (SSSR count). The molecule has 1 amide bonds. The first-order chi connectivity index (χ1) is 9.66. The van der Waals surface area contributed by atoms with Gasteiger partial charge in [-0.2, -0.15) is 0 Å². The molecular formula is C16H26N2O2. The maximum absolute atomic E-state index is 12.3. The molecule has 0 aromatic rings. The Labute approximate surface area is 121 Å². The Hall–Kier alpha value is -0.900. The molecule has 1 aliphatic heterocycles. The second-order valence-corrected chi connectivity index (χ2v) is 6.72. The van der Waals surface area contributed by atoms with Crippen LogP contribution in [0.5, 0.6) is 0 Å². The molecule has 3 aliphatic rings. The number of carbonyl (C=O) groups excluding carboxylic acids is 2. The average Bonchev–Trinajstić information content (AvgIpc) is 3.17. The molecule has 2 aliphatic carbocycles. The molecule has 0 aromatic carbocycles. The Morgan fingerprint density at radius 3 is 2.65 bits per heavy atom. The van der Waals surface area contributed by atoms with Crippen LogP contribution in [0.4, 0.5) is 0 Å². The molecule has 1 saturated heterocycles. The average molecular weight is 278 g/mol. The summed E-state index contributed by atoms with van der Waals surface area (Å²) in [5.74, 6) is 0.771. The predicted molar refractivity (Wildman–Crippen MR) is 77.3 cm³/mol. The first-order valence-corrected chi connectivity index (χ1v) is 8.25. The molecule has 4 heteroatoms. The highest BCUT2D eigenvalue weighted by molar-refractivity contribution is 5.84. The van der Waals surface area contributed by atoms with Gasteiger partial charge in [0.2, 0.25) is 5.91 Å². The number of piperidine rings is 1. The van der Waals surface area contributed by atoms with Gasteiger partial charge in [-0.3, -0.25) is 14.5 Å². The first-order valence-electron chi connectivity index (χ1n) is 8.25. The quantitative estimate of drug-likeness (QED) is 0.854. The summed E-state index contributed by atoms with van der Waals surface area (Å²) < 4.78 is 0. The first kappa shape index (κ1) is 14.1. The van der Waals surface area contributed by atoms with E-state index in [9.17, 15) is 9.59 Å². The third-order valence-corrected chi connectivity index (χ3v) is 5.21. The zero-order valence-electron chi connectivity index (χ0n) is 12.4. The molecule has 4 nitrogen and oxygen atoms in total. The lowest BCUT2D eigenvalue weighted by atomic mass is 9.87. The molecule has 1 heterocycles. The van der Waals surface area contributed by atoms with Crippen molar-refractivity contribution in [3.05, 3.63) is 0 Å². The van der Waals surface area contributed by atoms with Gasteiger partial charge < -0.3 is 5.32 Å². The number of hydrogen-bond donors (Lipinski definition) is 1. The van der Waals surface area contributed by atoms with Crippen molar-refractivity contribution in [3.8, 4) is 0 Å². The third-order valence-electron chi connectivity index (χ3n) is 5.21. The molecule has 0 radical (unpaired) electrons. The maximum atomic E-state index is 12.3. The number of carbonyl (C=O) groups is 2. The summed E-state index contributed by atoms with van der Waals surface area (Å²) in [5, 5.41) is 3.11. The fourth-order valence-corrected chi connectivity index (χ4v) is 3.84. The van der Waals surface area contributed by atoms with E-state index >= 15 is 0 Å². The van der Waals surface area contributed by atoms with Crippen LogP contribution in [0.15, 0.2) is 0 Å². The topological polar surface area (TPSA) is 49.4 Å². The van der Waals surface area contributed by atoms with Gasteiger partial charge in [0, 0.05) is 24.4 Å². The SMILES string of the molecule is CC(C(=O)NC1CC1)N1CCCCC1C1CCCC1=O. The minimum absolute atomic E-state index is 0.0886. The normalized spacial score (nSPS) is 33.1. The highest BCUT2D eigenvalue weighted by atomic mass is 16.2. The number of nitrogens with zero attached hydrogens (tertiary/aromatic N) is 1. The minimum Gasteiger partial charge on any atom is -0.352 e. The second-order valence-electron chi connectivity index (χ2n) is 6.72. The van der Waals surface area contributed by atoms with Gasteiger partial charge >= 0.3 is 0 Å². The largest absolute Gasteiger partial charge is 0.352 e. The molecule has 20 heavy (non-hydrogen) atoms. The second kappa shape index (κ2) is 5.84. The fraction of sp³-hybridized carbons (Fsp3) is 0.875. The summed E-state index contributed by atoms with van der Waals surface area (Å²) in [7, 11) is 0. The molecule has 1 N–H and O–H groups in total. The van der Waals surface area contributed by atoms with E-state index in [0.717, 1.165) is 51.5 Å². The Balaban J connectivity index is 1.67. The Bertz CT molecular complexity index is 392. The van der Waals surface area contributed by atoms with E-state index in [0.29, 0.717) is 17.9 Å². The van der Waals surface area contributed by atoms with Crippen LogP contribution in [-0.4, -0.2) is 41.3 Å². The molecule has 3 atom stereocenters. The number of hydrogen-bond acceptors (Lipinski definition) is 3. The lowest BCUT2D eigenvalue weighted by Gasteiger charge is -2.41. The minimum atomic E-state index is -0.0886. The van der Waals surface area contributed by atoms with Gasteiger partial charge in [0.25, 0.3) is 0 Å². The van der Waals surface area contributed by atoms with E-state index in [1.54, 1.807) is 0 Å². The van der Waals surface area contributed by atoms with Crippen molar-refractivity contribution in [2.45, 2.75) is 76.4 Å². The standard InChI is InChI=1S/C16H26N2O2/c1-11(16(20)17-12-8-9-12)18-10-3-2-6-14(18)13-5-4-7-15(13)19/h11-14H,2-10H2,1H3,(H,17,20). The molecule has 2 saturated carbocycles. The summed E-state index contributed by atoms with van der Waals surface area (Å²) in [6.07, 6.45) is 8.49. The van der Waals surface area contributed by atoms with Gasteiger partial charge in [0.05, 0.1) is 6.04 Å². The van der Waals surface area contributed by atoms with Crippen LogP contribution in [0.1, 0.15) is 58.3 Å². The highest BCUT2D eigenvalue weighted by Crippen LogP contribution is 2.33. The van der Waals surface area contributed by atoms with E-state index in [4.69, 9.17) is 0 Å². The van der Waals surface area contributed by atoms with Crippen molar-refractivity contribution in [2.75, 3.05) is 6.54 Å². The molecule has 0 spiro atoms. The van der Waals surface area contributed by atoms with Gasteiger partial charge in [-0.15, -0.1) is 0 Å². The van der Waals surface area contributed by atoms with Crippen LogP contribution in [0.3, 0.4) is 0 Å². The van der Waals surface area contributed by atoms with E-state index in [2.05, 4.69) is 10.2 Å². The number of nitrogens with one attached hydrogen (secondary N) is 1. The summed E-state index contributed by atoms with van der Waals surface area (Å²) in [4.78, 5) is 26.7. The highest BCUT2D eigenvalue weighted by Gasteiger charge is 2.40. The van der Waals surface area contributed by atoms with Crippen LogP contribution < -0.4 is 5.32 Å². The molecular weight excluding hydrogens is 252 g/mol. The van der Waals surface area contributed by atoms with Gasteiger partial charge in [-0.05, 0) is 52.0 Å². The van der Waals surface area contributed by atoms with Crippen LogP contribution in [0, 0.1) is 5.92 Å². The van der Waals surface area contributed by atoms with Crippen LogP contribution in [0.25, 0.3) is 0 Å². The Morgan fingerprint density at radius 2 is 2.00 bits per heavy atom. The van der Waals surface area contributed by atoms with E-state index < -0.39 is 0 Å². The van der Waals surface area contributed by atoms with E-state index in [-0.39, 0.29) is 17.9 Å². The van der Waals surface area contributed by atoms with Crippen molar-refractivity contribution >= 4 is 11.7 Å². The summed E-state index contributed by atoms with van der Waals surface area (Å²) in [5.41, 5.74) is 0. The molecule has 0 bridgehead atoms. The van der Waals surface area contributed by atoms with Gasteiger partial charge in [0.1, 0.15) is 5.78 Å². The zero-order valence-corrected chi connectivity index (χ0v) is 12.4. The fourth-order valence-electron chi connectivity index (χ4n) is 3.84. The lowest BCUT2D eigenvalue weighted by Crippen LogP contribution is -2.54. The predicted octanol–water partition coefficient (Wildman–Crippen LogP) is 1.88.